The number of rotatable bonds is 4. The largest absolute Gasteiger partial charge is 0.279 e. The summed E-state index contributed by atoms with van der Waals surface area (Å²) in [6, 6.07) is 28.4. The Kier molecular flexibility index (Phi) is 4.42. The van der Waals surface area contributed by atoms with E-state index in [1.807, 2.05) is 43.3 Å². The molecule has 4 aromatic carbocycles. The number of nitrogens with one attached hydrogen (secondary N) is 1. The van der Waals surface area contributed by atoms with Crippen LogP contribution >= 0.6 is 0 Å². The van der Waals surface area contributed by atoms with Crippen LogP contribution < -0.4 is 4.72 Å². The van der Waals surface area contributed by atoms with Crippen LogP contribution in [-0.4, -0.2) is 8.42 Å². The SMILES string of the molecule is Cc1ccc(NS(=O)(=O)c2ccccc2)c(-c2ccc3ccccc3c2)c1. The normalized spacial score (nSPS) is 11.4. The fourth-order valence-electron chi connectivity index (χ4n) is 3.15. The minimum Gasteiger partial charge on any atom is -0.279 e. The maximum atomic E-state index is 12.8. The molecule has 134 valence electrons. The van der Waals surface area contributed by atoms with E-state index in [9.17, 15) is 8.42 Å². The number of anilines is 1. The van der Waals surface area contributed by atoms with E-state index in [1.165, 1.54) is 0 Å². The average Bonchev–Trinajstić information content (AvgIpc) is 2.69. The Labute approximate surface area is 159 Å². The van der Waals surface area contributed by atoms with Gasteiger partial charge in [-0.25, -0.2) is 8.42 Å². The third kappa shape index (κ3) is 3.57. The molecule has 0 unspecified atom stereocenters. The average molecular weight is 373 g/mol. The van der Waals surface area contributed by atoms with Crippen molar-refractivity contribution in [2.24, 2.45) is 0 Å². The highest BCUT2D eigenvalue weighted by atomic mass is 32.2. The lowest BCUT2D eigenvalue weighted by Gasteiger charge is -2.14. The molecule has 4 aromatic rings. The predicted molar refractivity (Wildman–Crippen MR) is 111 cm³/mol. The van der Waals surface area contributed by atoms with E-state index < -0.39 is 10.0 Å². The second-order valence-electron chi connectivity index (χ2n) is 6.53. The zero-order chi connectivity index (χ0) is 18.9. The van der Waals surface area contributed by atoms with Gasteiger partial charge < -0.3 is 0 Å². The predicted octanol–water partition coefficient (Wildman–Crippen LogP) is 5.62. The third-order valence-corrected chi connectivity index (χ3v) is 5.91. The number of sulfonamides is 1. The van der Waals surface area contributed by atoms with Crippen molar-refractivity contribution >= 4 is 26.5 Å². The van der Waals surface area contributed by atoms with Gasteiger partial charge in [0, 0.05) is 5.56 Å². The standard InChI is InChI=1S/C23H19NO2S/c1-17-11-14-23(24-27(25,26)21-9-3-2-4-10-21)22(15-17)20-13-12-18-7-5-6-8-19(18)16-20/h2-16,24H,1H3. The molecule has 0 aliphatic rings. The zero-order valence-electron chi connectivity index (χ0n) is 14.9. The fraction of sp³-hybridized carbons (Fsp3) is 0.0435. The Hall–Kier alpha value is -3.11. The van der Waals surface area contributed by atoms with Gasteiger partial charge in [0.05, 0.1) is 10.6 Å². The first-order chi connectivity index (χ1) is 13.0. The molecule has 0 aromatic heterocycles. The van der Waals surface area contributed by atoms with Crippen LogP contribution in [0.15, 0.2) is 95.9 Å². The van der Waals surface area contributed by atoms with Crippen LogP contribution in [0.5, 0.6) is 0 Å². The van der Waals surface area contributed by atoms with Crippen molar-refractivity contribution < 1.29 is 8.42 Å². The van der Waals surface area contributed by atoms with Crippen LogP contribution in [0.1, 0.15) is 5.56 Å². The lowest BCUT2D eigenvalue weighted by Crippen LogP contribution is -2.13. The molecule has 0 heterocycles. The number of hydrogen-bond donors (Lipinski definition) is 1. The number of aryl methyl sites for hydroxylation is 1. The lowest BCUT2D eigenvalue weighted by molar-refractivity contribution is 0.601. The number of hydrogen-bond acceptors (Lipinski definition) is 2. The molecule has 0 aliphatic carbocycles. The molecule has 3 nitrogen and oxygen atoms in total. The van der Waals surface area contributed by atoms with Gasteiger partial charge in [-0.3, -0.25) is 4.72 Å². The van der Waals surface area contributed by atoms with E-state index in [-0.39, 0.29) is 4.90 Å². The van der Waals surface area contributed by atoms with Crippen LogP contribution in [0.4, 0.5) is 5.69 Å². The number of fused-ring (bicyclic) bond motifs is 1. The summed E-state index contributed by atoms with van der Waals surface area (Å²) in [5, 5.41) is 2.27. The van der Waals surface area contributed by atoms with E-state index in [0.29, 0.717) is 5.69 Å². The van der Waals surface area contributed by atoms with Crippen molar-refractivity contribution in [1.82, 2.24) is 0 Å². The van der Waals surface area contributed by atoms with Gasteiger partial charge in [-0.1, -0.05) is 66.2 Å². The molecule has 0 saturated heterocycles. The van der Waals surface area contributed by atoms with Crippen molar-refractivity contribution in [2.45, 2.75) is 11.8 Å². The Bertz CT molecular complexity index is 1220. The highest BCUT2D eigenvalue weighted by Crippen LogP contribution is 2.32. The summed E-state index contributed by atoms with van der Waals surface area (Å²) in [5.74, 6) is 0. The van der Waals surface area contributed by atoms with Gasteiger partial charge in [0.1, 0.15) is 0 Å². The molecule has 1 N–H and O–H groups in total. The molecule has 0 fully saturated rings. The molecule has 4 rings (SSSR count). The monoisotopic (exact) mass is 373 g/mol. The van der Waals surface area contributed by atoms with Gasteiger partial charge in [-0.2, -0.15) is 0 Å². The van der Waals surface area contributed by atoms with E-state index in [2.05, 4.69) is 29.0 Å². The molecule has 0 spiro atoms. The second kappa shape index (κ2) is 6.89. The Morgan fingerprint density at radius 3 is 2.19 bits per heavy atom. The smallest absolute Gasteiger partial charge is 0.261 e. The summed E-state index contributed by atoms with van der Waals surface area (Å²) < 4.78 is 28.3. The fourth-order valence-corrected chi connectivity index (χ4v) is 4.25. The Balaban J connectivity index is 1.81. The van der Waals surface area contributed by atoms with Crippen molar-refractivity contribution in [3.8, 4) is 11.1 Å². The molecular weight excluding hydrogens is 354 g/mol. The van der Waals surface area contributed by atoms with Gasteiger partial charge >= 0.3 is 0 Å². The van der Waals surface area contributed by atoms with Gasteiger partial charge in [-0.05, 0) is 53.6 Å². The van der Waals surface area contributed by atoms with Crippen molar-refractivity contribution in [3.05, 3.63) is 96.6 Å². The second-order valence-corrected chi connectivity index (χ2v) is 8.21. The lowest BCUT2D eigenvalue weighted by atomic mass is 9.98. The molecule has 0 radical (unpaired) electrons. The first kappa shape index (κ1) is 17.3. The Morgan fingerprint density at radius 1 is 0.704 bits per heavy atom. The van der Waals surface area contributed by atoms with Crippen LogP contribution in [0.2, 0.25) is 0 Å². The molecule has 0 amide bonds. The number of benzene rings is 4. The van der Waals surface area contributed by atoms with Crippen LogP contribution in [0, 0.1) is 6.92 Å². The van der Waals surface area contributed by atoms with Crippen molar-refractivity contribution in [2.75, 3.05) is 4.72 Å². The highest BCUT2D eigenvalue weighted by Gasteiger charge is 2.16. The van der Waals surface area contributed by atoms with Gasteiger partial charge in [0.25, 0.3) is 10.0 Å². The van der Waals surface area contributed by atoms with Gasteiger partial charge in [0.15, 0.2) is 0 Å². The summed E-state index contributed by atoms with van der Waals surface area (Å²) in [5.41, 5.74) is 3.48. The maximum Gasteiger partial charge on any atom is 0.261 e. The summed E-state index contributed by atoms with van der Waals surface area (Å²) in [4.78, 5) is 0.245. The molecule has 4 heteroatoms. The minimum atomic E-state index is -3.65. The maximum absolute atomic E-state index is 12.8. The molecule has 0 aliphatic heterocycles. The Morgan fingerprint density at radius 2 is 1.41 bits per heavy atom. The molecular formula is C23H19NO2S. The highest BCUT2D eigenvalue weighted by molar-refractivity contribution is 7.92. The summed E-state index contributed by atoms with van der Waals surface area (Å²) in [6.45, 7) is 2.00. The van der Waals surface area contributed by atoms with E-state index in [1.54, 1.807) is 30.3 Å². The molecule has 0 saturated carbocycles. The van der Waals surface area contributed by atoms with Gasteiger partial charge in [0.2, 0.25) is 0 Å². The summed E-state index contributed by atoms with van der Waals surface area (Å²) in [7, 11) is -3.65. The first-order valence-corrected chi connectivity index (χ1v) is 10.2. The quantitative estimate of drug-likeness (QED) is 0.505. The van der Waals surface area contributed by atoms with Crippen molar-refractivity contribution in [3.63, 3.8) is 0 Å². The van der Waals surface area contributed by atoms with Crippen LogP contribution in [0.25, 0.3) is 21.9 Å². The van der Waals surface area contributed by atoms with Crippen LogP contribution in [0.3, 0.4) is 0 Å². The van der Waals surface area contributed by atoms with Crippen molar-refractivity contribution in [1.29, 1.82) is 0 Å². The summed E-state index contributed by atoms with van der Waals surface area (Å²) >= 11 is 0. The first-order valence-electron chi connectivity index (χ1n) is 8.71. The van der Waals surface area contributed by atoms with E-state index >= 15 is 0 Å². The molecule has 27 heavy (non-hydrogen) atoms. The molecule has 0 atom stereocenters. The minimum absolute atomic E-state index is 0.245. The topological polar surface area (TPSA) is 46.2 Å². The zero-order valence-corrected chi connectivity index (χ0v) is 15.7. The van der Waals surface area contributed by atoms with E-state index in [4.69, 9.17) is 0 Å². The van der Waals surface area contributed by atoms with Gasteiger partial charge in [-0.15, -0.1) is 0 Å². The molecule has 0 bridgehead atoms. The van der Waals surface area contributed by atoms with Crippen LogP contribution in [-0.2, 0) is 10.0 Å². The third-order valence-electron chi connectivity index (χ3n) is 4.53. The van der Waals surface area contributed by atoms with E-state index in [0.717, 1.165) is 27.5 Å². The summed E-state index contributed by atoms with van der Waals surface area (Å²) in [6.07, 6.45) is 0.